The number of anilines is 1. The van der Waals surface area contributed by atoms with Crippen molar-refractivity contribution in [1.82, 2.24) is 14.5 Å². The fourth-order valence-corrected chi connectivity index (χ4v) is 2.98. The van der Waals surface area contributed by atoms with E-state index in [2.05, 4.69) is 10.3 Å². The Kier molecular flexibility index (Phi) is 4.85. The lowest BCUT2D eigenvalue weighted by atomic mass is 9.99. The Labute approximate surface area is 146 Å². The van der Waals surface area contributed by atoms with Gasteiger partial charge in [-0.1, -0.05) is 6.07 Å². The number of nitrogens with zero attached hydrogens (tertiary/aromatic N) is 3. The first-order valence-corrected chi connectivity index (χ1v) is 8.39. The first-order chi connectivity index (χ1) is 11.9. The molecule has 2 amide bonds. The van der Waals surface area contributed by atoms with Gasteiger partial charge in [0.1, 0.15) is 5.69 Å². The zero-order valence-corrected chi connectivity index (χ0v) is 14.5. The van der Waals surface area contributed by atoms with Crippen molar-refractivity contribution in [2.24, 2.45) is 5.73 Å². The highest BCUT2D eigenvalue weighted by Gasteiger charge is 2.18. The van der Waals surface area contributed by atoms with Gasteiger partial charge in [0, 0.05) is 31.0 Å². The molecule has 7 heteroatoms. The largest absolute Gasteiger partial charge is 0.369 e. The van der Waals surface area contributed by atoms with Gasteiger partial charge in [0.15, 0.2) is 0 Å². The average molecular weight is 341 g/mol. The van der Waals surface area contributed by atoms with Crippen LogP contribution < -0.4 is 11.1 Å². The number of hydrogen-bond acceptors (Lipinski definition) is 4. The normalized spacial score (nSPS) is 14.4. The van der Waals surface area contributed by atoms with Gasteiger partial charge in [0.05, 0.1) is 12.9 Å². The SMILES string of the molecule is CC(C)n1cnc(C(=O)Nc2ccc3c(c2)CN(CC(N)=O)CC3)c1. The molecule has 2 heterocycles. The third-order valence-electron chi connectivity index (χ3n) is 4.37. The molecule has 1 aromatic carbocycles. The lowest BCUT2D eigenvalue weighted by molar-refractivity contribution is -0.119. The van der Waals surface area contributed by atoms with E-state index in [0.717, 1.165) is 24.2 Å². The number of hydrogen-bond donors (Lipinski definition) is 2. The van der Waals surface area contributed by atoms with Gasteiger partial charge < -0.3 is 15.6 Å². The Balaban J connectivity index is 1.71. The minimum Gasteiger partial charge on any atom is -0.369 e. The summed E-state index contributed by atoms with van der Waals surface area (Å²) in [7, 11) is 0. The van der Waals surface area contributed by atoms with Crippen molar-refractivity contribution in [2.75, 3.05) is 18.4 Å². The van der Waals surface area contributed by atoms with Crippen molar-refractivity contribution < 1.29 is 9.59 Å². The average Bonchev–Trinajstić information content (AvgIpc) is 3.04. The van der Waals surface area contributed by atoms with Crippen molar-refractivity contribution in [2.45, 2.75) is 32.9 Å². The molecule has 1 aliphatic heterocycles. The monoisotopic (exact) mass is 341 g/mol. The molecule has 7 nitrogen and oxygen atoms in total. The van der Waals surface area contributed by atoms with Crippen molar-refractivity contribution in [3.8, 4) is 0 Å². The van der Waals surface area contributed by atoms with Crippen molar-refractivity contribution >= 4 is 17.5 Å². The van der Waals surface area contributed by atoms with Gasteiger partial charge in [-0.3, -0.25) is 14.5 Å². The molecule has 2 aromatic rings. The summed E-state index contributed by atoms with van der Waals surface area (Å²) in [4.78, 5) is 29.7. The molecule has 0 atom stereocenters. The number of amides is 2. The standard InChI is InChI=1S/C18H23N5O2/c1-12(2)23-9-16(20-11-23)18(25)21-15-4-3-13-5-6-22(10-17(19)24)8-14(13)7-15/h3-4,7,9,11-12H,5-6,8,10H2,1-2H3,(H2,19,24)(H,21,25). The molecule has 1 aliphatic rings. The molecule has 0 radical (unpaired) electrons. The first-order valence-electron chi connectivity index (χ1n) is 8.39. The van der Waals surface area contributed by atoms with Crippen LogP contribution in [-0.4, -0.2) is 39.4 Å². The minimum absolute atomic E-state index is 0.232. The Hall–Kier alpha value is -2.67. The highest BCUT2D eigenvalue weighted by molar-refractivity contribution is 6.02. The summed E-state index contributed by atoms with van der Waals surface area (Å²) >= 11 is 0. The number of nitrogens with two attached hydrogens (primary N) is 1. The molecule has 0 aliphatic carbocycles. The minimum atomic E-state index is -0.325. The van der Waals surface area contributed by atoms with E-state index in [4.69, 9.17) is 5.73 Å². The number of aromatic nitrogens is 2. The highest BCUT2D eigenvalue weighted by atomic mass is 16.2. The van der Waals surface area contributed by atoms with Crippen molar-refractivity contribution in [3.63, 3.8) is 0 Å². The summed E-state index contributed by atoms with van der Waals surface area (Å²) in [6.45, 7) is 5.79. The first kappa shape index (κ1) is 17.2. The summed E-state index contributed by atoms with van der Waals surface area (Å²) in [5, 5.41) is 2.89. The van der Waals surface area contributed by atoms with Crippen LogP contribution in [0.1, 0.15) is 41.5 Å². The quantitative estimate of drug-likeness (QED) is 0.863. The van der Waals surface area contributed by atoms with Crippen molar-refractivity contribution in [3.05, 3.63) is 47.5 Å². The molecular formula is C18H23N5O2. The second-order valence-corrected chi connectivity index (χ2v) is 6.66. The molecular weight excluding hydrogens is 318 g/mol. The van der Waals surface area contributed by atoms with E-state index in [1.807, 2.05) is 41.5 Å². The number of nitrogens with one attached hydrogen (secondary N) is 1. The topological polar surface area (TPSA) is 93.2 Å². The zero-order chi connectivity index (χ0) is 18.0. The van der Waals surface area contributed by atoms with Crippen LogP contribution in [0.4, 0.5) is 5.69 Å². The third-order valence-corrected chi connectivity index (χ3v) is 4.37. The number of rotatable bonds is 5. The van der Waals surface area contributed by atoms with E-state index in [1.54, 1.807) is 12.5 Å². The fourth-order valence-electron chi connectivity index (χ4n) is 2.98. The summed E-state index contributed by atoms with van der Waals surface area (Å²) in [6.07, 6.45) is 4.27. The zero-order valence-electron chi connectivity index (χ0n) is 14.5. The lowest BCUT2D eigenvalue weighted by Gasteiger charge is -2.28. The second-order valence-electron chi connectivity index (χ2n) is 6.66. The maximum absolute atomic E-state index is 12.4. The third kappa shape index (κ3) is 4.06. The number of benzene rings is 1. The predicted octanol–water partition coefficient (Wildman–Crippen LogP) is 1.56. The molecule has 3 rings (SSSR count). The number of carbonyl (C=O) groups is 2. The highest BCUT2D eigenvalue weighted by Crippen LogP contribution is 2.23. The van der Waals surface area contributed by atoms with Gasteiger partial charge in [0.25, 0.3) is 5.91 Å². The smallest absolute Gasteiger partial charge is 0.275 e. The lowest BCUT2D eigenvalue weighted by Crippen LogP contribution is -2.37. The molecule has 0 bridgehead atoms. The summed E-state index contributed by atoms with van der Waals surface area (Å²) in [5.41, 5.74) is 8.74. The van der Waals surface area contributed by atoms with Gasteiger partial charge >= 0.3 is 0 Å². The Morgan fingerprint density at radius 3 is 2.80 bits per heavy atom. The van der Waals surface area contributed by atoms with Gasteiger partial charge in [-0.05, 0) is 43.5 Å². The molecule has 0 spiro atoms. The van der Waals surface area contributed by atoms with E-state index in [0.29, 0.717) is 12.2 Å². The van der Waals surface area contributed by atoms with E-state index >= 15 is 0 Å². The van der Waals surface area contributed by atoms with Gasteiger partial charge in [-0.2, -0.15) is 0 Å². The fraction of sp³-hybridized carbons (Fsp3) is 0.389. The molecule has 3 N–H and O–H groups in total. The van der Waals surface area contributed by atoms with Crippen LogP contribution in [0.2, 0.25) is 0 Å². The number of imidazole rings is 1. The molecule has 25 heavy (non-hydrogen) atoms. The Bertz CT molecular complexity index is 797. The van der Waals surface area contributed by atoms with E-state index in [9.17, 15) is 9.59 Å². The van der Waals surface area contributed by atoms with Crippen LogP contribution in [0.3, 0.4) is 0 Å². The predicted molar refractivity (Wildman–Crippen MR) is 95.2 cm³/mol. The van der Waals surface area contributed by atoms with E-state index in [1.165, 1.54) is 5.56 Å². The maximum atomic E-state index is 12.4. The van der Waals surface area contributed by atoms with Crippen LogP contribution in [0.15, 0.2) is 30.7 Å². The Morgan fingerprint density at radius 1 is 1.32 bits per heavy atom. The van der Waals surface area contributed by atoms with E-state index in [-0.39, 0.29) is 24.4 Å². The van der Waals surface area contributed by atoms with Crippen LogP contribution in [0, 0.1) is 0 Å². The molecule has 0 saturated heterocycles. The molecule has 1 aromatic heterocycles. The Morgan fingerprint density at radius 2 is 2.12 bits per heavy atom. The van der Waals surface area contributed by atoms with Crippen LogP contribution in [-0.2, 0) is 17.8 Å². The second kappa shape index (κ2) is 7.06. The number of primary amides is 1. The summed E-state index contributed by atoms with van der Waals surface area (Å²) in [5.74, 6) is -0.558. The molecule has 0 unspecified atom stereocenters. The van der Waals surface area contributed by atoms with Crippen LogP contribution in [0.25, 0.3) is 0 Å². The molecule has 0 fully saturated rings. The number of carbonyl (C=O) groups excluding carboxylic acids is 2. The summed E-state index contributed by atoms with van der Waals surface area (Å²) < 4.78 is 1.89. The van der Waals surface area contributed by atoms with Crippen LogP contribution in [0.5, 0.6) is 0 Å². The van der Waals surface area contributed by atoms with Crippen LogP contribution >= 0.6 is 0 Å². The van der Waals surface area contributed by atoms with Gasteiger partial charge in [-0.15, -0.1) is 0 Å². The van der Waals surface area contributed by atoms with E-state index < -0.39 is 0 Å². The molecule has 0 saturated carbocycles. The van der Waals surface area contributed by atoms with Gasteiger partial charge in [-0.25, -0.2) is 4.98 Å². The maximum Gasteiger partial charge on any atom is 0.275 e. The molecule has 132 valence electrons. The number of fused-ring (bicyclic) bond motifs is 1. The van der Waals surface area contributed by atoms with Crippen molar-refractivity contribution in [1.29, 1.82) is 0 Å². The van der Waals surface area contributed by atoms with Gasteiger partial charge in [0.2, 0.25) is 5.91 Å². The summed E-state index contributed by atoms with van der Waals surface area (Å²) in [6, 6.07) is 6.15.